The van der Waals surface area contributed by atoms with Crippen molar-refractivity contribution in [3.63, 3.8) is 0 Å². The topological polar surface area (TPSA) is 64.8 Å². The quantitative estimate of drug-likeness (QED) is 0.793. The molecule has 0 N–H and O–H groups in total. The van der Waals surface area contributed by atoms with E-state index in [1.165, 1.54) is 10.6 Å². The summed E-state index contributed by atoms with van der Waals surface area (Å²) in [7, 11) is 1.35. The summed E-state index contributed by atoms with van der Waals surface area (Å²) in [4.78, 5) is 0. The molecule has 21 heavy (non-hydrogen) atoms. The molecule has 0 radical (unpaired) electrons. The van der Waals surface area contributed by atoms with Crippen LogP contribution in [-0.4, -0.2) is 23.2 Å². The van der Waals surface area contributed by atoms with E-state index in [2.05, 4.69) is 10.2 Å². The number of halogens is 2. The van der Waals surface area contributed by atoms with Crippen molar-refractivity contribution in [2.24, 2.45) is 0 Å². The molecule has 8 heteroatoms. The van der Waals surface area contributed by atoms with Crippen LogP contribution in [0.15, 0.2) is 23.4 Å². The van der Waals surface area contributed by atoms with E-state index in [9.17, 15) is 12.8 Å². The Hall–Kier alpha value is -1.47. The summed E-state index contributed by atoms with van der Waals surface area (Å²) in [6, 6.07) is 4.56. The highest BCUT2D eigenvalue weighted by atomic mass is 35.7. The second-order valence-corrected chi connectivity index (χ2v) is 8.17. The molecule has 0 saturated carbocycles. The van der Waals surface area contributed by atoms with Crippen LogP contribution in [0.4, 0.5) is 4.39 Å². The molecule has 1 heterocycles. The van der Waals surface area contributed by atoms with Crippen molar-refractivity contribution in [2.45, 2.75) is 38.4 Å². The molecule has 0 amide bonds. The van der Waals surface area contributed by atoms with Gasteiger partial charge in [0.05, 0.1) is 0 Å². The van der Waals surface area contributed by atoms with Crippen LogP contribution in [-0.2, 0) is 14.6 Å². The lowest BCUT2D eigenvalue weighted by molar-refractivity contribution is 0.367. The highest BCUT2D eigenvalue weighted by Crippen LogP contribution is 2.30. The summed E-state index contributed by atoms with van der Waals surface area (Å²) in [5.41, 5.74) is 0.287. The zero-order valence-electron chi connectivity index (χ0n) is 12.1. The van der Waals surface area contributed by atoms with Gasteiger partial charge in [-0.15, -0.1) is 10.2 Å². The Morgan fingerprint density at radius 3 is 2.33 bits per heavy atom. The number of aryl methyl sites for hydroxylation is 1. The highest BCUT2D eigenvalue weighted by molar-refractivity contribution is 8.13. The van der Waals surface area contributed by atoms with E-state index in [0.29, 0.717) is 11.1 Å². The average molecular weight is 332 g/mol. The largest absolute Gasteiger partial charge is 0.296 e. The Kier molecular flexibility index (Phi) is 3.84. The average Bonchev–Trinajstić information content (AvgIpc) is 2.76. The van der Waals surface area contributed by atoms with Gasteiger partial charge >= 0.3 is 0 Å². The maximum Gasteiger partial charge on any atom is 0.296 e. The van der Waals surface area contributed by atoms with Crippen molar-refractivity contribution < 1.29 is 12.8 Å². The molecule has 0 aliphatic carbocycles. The summed E-state index contributed by atoms with van der Waals surface area (Å²) in [5.74, 6) is -0.146. The molecule has 0 aliphatic heterocycles. The van der Waals surface area contributed by atoms with Crippen LogP contribution in [0.1, 0.15) is 26.3 Å². The zero-order chi connectivity index (χ0) is 16.0. The summed E-state index contributed by atoms with van der Waals surface area (Å²) in [6.45, 7) is 7.00. The van der Waals surface area contributed by atoms with Crippen molar-refractivity contribution in [1.82, 2.24) is 14.8 Å². The molecule has 114 valence electrons. The standard InChI is InChI=1S/C13H15ClFN3O2S/c1-8-5-6-9(7-10(8)15)11-16-17-12(21(14,19)20)18(11)13(2,3)4/h5-7H,1-4H3. The summed E-state index contributed by atoms with van der Waals surface area (Å²) < 4.78 is 38.4. The van der Waals surface area contributed by atoms with Gasteiger partial charge in [-0.05, 0) is 39.3 Å². The fraction of sp³-hybridized carbons (Fsp3) is 0.385. The fourth-order valence-corrected chi connectivity index (χ4v) is 2.97. The van der Waals surface area contributed by atoms with E-state index in [0.717, 1.165) is 0 Å². The SMILES string of the molecule is Cc1ccc(-c2nnc(S(=O)(=O)Cl)n2C(C)(C)C)cc1F. The smallest absolute Gasteiger partial charge is 0.291 e. The van der Waals surface area contributed by atoms with Crippen LogP contribution < -0.4 is 0 Å². The van der Waals surface area contributed by atoms with Crippen molar-refractivity contribution in [3.8, 4) is 11.4 Å². The number of hydrogen-bond acceptors (Lipinski definition) is 4. The predicted molar refractivity (Wildman–Crippen MR) is 78.2 cm³/mol. The Morgan fingerprint density at radius 1 is 1.24 bits per heavy atom. The Morgan fingerprint density at radius 2 is 1.86 bits per heavy atom. The van der Waals surface area contributed by atoms with Gasteiger partial charge in [0.1, 0.15) is 5.82 Å². The highest BCUT2D eigenvalue weighted by Gasteiger charge is 2.30. The normalized spacial score (nSPS) is 12.7. The maximum absolute atomic E-state index is 13.7. The van der Waals surface area contributed by atoms with Crippen molar-refractivity contribution in [3.05, 3.63) is 29.6 Å². The molecule has 2 aromatic rings. The van der Waals surface area contributed by atoms with Crippen LogP contribution in [0.5, 0.6) is 0 Å². The van der Waals surface area contributed by atoms with Crippen LogP contribution in [0.3, 0.4) is 0 Å². The second-order valence-electron chi connectivity index (χ2n) is 5.71. The first-order valence-electron chi connectivity index (χ1n) is 6.19. The predicted octanol–water partition coefficient (Wildman–Crippen LogP) is 3.08. The lowest BCUT2D eigenvalue weighted by Crippen LogP contribution is -2.25. The van der Waals surface area contributed by atoms with Crippen LogP contribution >= 0.6 is 10.7 Å². The van der Waals surface area contributed by atoms with E-state index in [1.807, 2.05) is 0 Å². The van der Waals surface area contributed by atoms with E-state index in [1.54, 1.807) is 39.8 Å². The van der Waals surface area contributed by atoms with Crippen molar-refractivity contribution >= 4 is 19.7 Å². The third-order valence-electron chi connectivity index (χ3n) is 2.95. The van der Waals surface area contributed by atoms with Gasteiger partial charge in [-0.2, -0.15) is 0 Å². The minimum absolute atomic E-state index is 0.251. The Labute approximate surface area is 127 Å². The molecule has 0 unspecified atom stereocenters. The second kappa shape index (κ2) is 5.06. The number of aromatic nitrogens is 3. The van der Waals surface area contributed by atoms with Gasteiger partial charge in [-0.3, -0.25) is 4.57 Å². The van der Waals surface area contributed by atoms with Gasteiger partial charge in [0, 0.05) is 21.8 Å². The maximum atomic E-state index is 13.7. The van der Waals surface area contributed by atoms with E-state index in [4.69, 9.17) is 10.7 Å². The third-order valence-corrected chi connectivity index (χ3v) is 4.07. The molecule has 0 saturated heterocycles. The molecule has 2 rings (SSSR count). The fourth-order valence-electron chi connectivity index (χ4n) is 1.95. The van der Waals surface area contributed by atoms with Gasteiger partial charge in [-0.25, -0.2) is 12.8 Å². The molecule has 0 atom stereocenters. The molecule has 0 fully saturated rings. The molecule has 0 spiro atoms. The van der Waals surface area contributed by atoms with Gasteiger partial charge < -0.3 is 0 Å². The lowest BCUT2D eigenvalue weighted by Gasteiger charge is -2.24. The van der Waals surface area contributed by atoms with E-state index in [-0.39, 0.29) is 11.0 Å². The molecule has 1 aromatic heterocycles. The minimum Gasteiger partial charge on any atom is -0.291 e. The summed E-state index contributed by atoms with van der Waals surface area (Å²) >= 11 is 0. The summed E-state index contributed by atoms with van der Waals surface area (Å²) in [5, 5.41) is 7.17. The first-order chi connectivity index (χ1) is 9.51. The number of benzene rings is 1. The van der Waals surface area contributed by atoms with Crippen LogP contribution in [0.2, 0.25) is 0 Å². The molecule has 0 aliphatic rings. The van der Waals surface area contributed by atoms with Gasteiger partial charge in [0.15, 0.2) is 5.82 Å². The number of nitrogens with zero attached hydrogens (tertiary/aromatic N) is 3. The molecular formula is C13H15ClFN3O2S. The Bertz CT molecular complexity index is 794. The number of hydrogen-bond donors (Lipinski definition) is 0. The van der Waals surface area contributed by atoms with Crippen LogP contribution in [0, 0.1) is 12.7 Å². The summed E-state index contributed by atoms with van der Waals surface area (Å²) in [6.07, 6.45) is 0. The van der Waals surface area contributed by atoms with E-state index < -0.39 is 20.4 Å². The van der Waals surface area contributed by atoms with E-state index >= 15 is 0 Å². The lowest BCUT2D eigenvalue weighted by atomic mass is 10.1. The molecule has 5 nitrogen and oxygen atoms in total. The van der Waals surface area contributed by atoms with Crippen molar-refractivity contribution in [1.29, 1.82) is 0 Å². The molecule has 0 bridgehead atoms. The van der Waals surface area contributed by atoms with Gasteiger partial charge in [0.25, 0.3) is 14.2 Å². The Balaban J connectivity index is 2.76. The zero-order valence-corrected chi connectivity index (χ0v) is 13.6. The molecular weight excluding hydrogens is 317 g/mol. The first-order valence-corrected chi connectivity index (χ1v) is 8.50. The third kappa shape index (κ3) is 3.08. The first kappa shape index (κ1) is 15.9. The van der Waals surface area contributed by atoms with Gasteiger partial charge in [-0.1, -0.05) is 12.1 Å². The number of rotatable bonds is 2. The van der Waals surface area contributed by atoms with Crippen molar-refractivity contribution in [2.75, 3.05) is 0 Å². The molecule has 1 aromatic carbocycles. The monoisotopic (exact) mass is 331 g/mol. The van der Waals surface area contributed by atoms with Crippen LogP contribution in [0.25, 0.3) is 11.4 Å². The van der Waals surface area contributed by atoms with Gasteiger partial charge in [0.2, 0.25) is 0 Å². The minimum atomic E-state index is -4.05.